The predicted octanol–water partition coefficient (Wildman–Crippen LogP) is 4.42. The van der Waals surface area contributed by atoms with Crippen molar-refractivity contribution in [3.8, 4) is 5.75 Å². The van der Waals surface area contributed by atoms with Gasteiger partial charge in [0, 0.05) is 0 Å². The van der Waals surface area contributed by atoms with Crippen LogP contribution in [0.5, 0.6) is 5.75 Å². The maximum atomic E-state index is 9.67. The lowest BCUT2D eigenvalue weighted by Gasteiger charge is -1.99. The van der Waals surface area contributed by atoms with E-state index >= 15 is 0 Å². The molecule has 2 aromatic rings. The SMILES string of the molecule is COC=Nc1ccc(N=Nc2cc(C)ccc2O)cc1. The second kappa shape index (κ2) is 6.47. The Morgan fingerprint density at radius 1 is 1.00 bits per heavy atom. The number of benzene rings is 2. The van der Waals surface area contributed by atoms with Gasteiger partial charge in [0.1, 0.15) is 11.4 Å². The molecule has 5 nitrogen and oxygen atoms in total. The normalized spacial score (nSPS) is 11.3. The molecule has 0 atom stereocenters. The maximum Gasteiger partial charge on any atom is 0.174 e. The van der Waals surface area contributed by atoms with Crippen molar-refractivity contribution in [3.63, 3.8) is 0 Å². The van der Waals surface area contributed by atoms with E-state index in [-0.39, 0.29) is 5.75 Å². The first-order valence-corrected chi connectivity index (χ1v) is 6.06. The number of azo groups is 1. The van der Waals surface area contributed by atoms with Crippen molar-refractivity contribution < 1.29 is 9.84 Å². The molecule has 0 fully saturated rings. The monoisotopic (exact) mass is 269 g/mol. The summed E-state index contributed by atoms with van der Waals surface area (Å²) in [6.07, 6.45) is 1.36. The number of aromatic hydroxyl groups is 1. The highest BCUT2D eigenvalue weighted by atomic mass is 16.5. The Kier molecular flexibility index (Phi) is 4.44. The van der Waals surface area contributed by atoms with Gasteiger partial charge in [0.05, 0.1) is 18.5 Å². The highest BCUT2D eigenvalue weighted by Gasteiger charge is 1.99. The number of phenolic OH excluding ortho intramolecular Hbond substituents is 1. The molecule has 102 valence electrons. The van der Waals surface area contributed by atoms with E-state index in [1.807, 2.05) is 13.0 Å². The lowest BCUT2D eigenvalue weighted by atomic mass is 10.2. The fourth-order valence-corrected chi connectivity index (χ4v) is 1.54. The third-order valence-corrected chi connectivity index (χ3v) is 2.56. The van der Waals surface area contributed by atoms with Crippen LogP contribution in [-0.2, 0) is 4.74 Å². The highest BCUT2D eigenvalue weighted by molar-refractivity contribution is 5.57. The number of hydrogen-bond donors (Lipinski definition) is 1. The van der Waals surface area contributed by atoms with Crippen molar-refractivity contribution in [2.75, 3.05) is 7.11 Å². The number of ether oxygens (including phenoxy) is 1. The third kappa shape index (κ3) is 3.65. The Labute approximate surface area is 117 Å². The zero-order valence-electron chi connectivity index (χ0n) is 11.3. The molecule has 0 aromatic heterocycles. The van der Waals surface area contributed by atoms with E-state index in [1.165, 1.54) is 6.40 Å². The topological polar surface area (TPSA) is 66.5 Å². The van der Waals surface area contributed by atoms with Crippen LogP contribution in [0, 0.1) is 6.92 Å². The Hall–Kier alpha value is -2.69. The quantitative estimate of drug-likeness (QED) is 0.507. The van der Waals surface area contributed by atoms with Gasteiger partial charge in [0.25, 0.3) is 0 Å². The molecule has 0 heterocycles. The smallest absolute Gasteiger partial charge is 0.174 e. The number of methoxy groups -OCH3 is 1. The average molecular weight is 269 g/mol. The van der Waals surface area contributed by atoms with Crippen molar-refractivity contribution in [2.45, 2.75) is 6.92 Å². The third-order valence-electron chi connectivity index (χ3n) is 2.56. The molecular formula is C15H15N3O2. The first-order valence-electron chi connectivity index (χ1n) is 6.06. The van der Waals surface area contributed by atoms with Crippen LogP contribution in [0.1, 0.15) is 5.56 Å². The van der Waals surface area contributed by atoms with Crippen molar-refractivity contribution in [3.05, 3.63) is 48.0 Å². The van der Waals surface area contributed by atoms with Gasteiger partial charge in [-0.25, -0.2) is 4.99 Å². The average Bonchev–Trinajstić information content (AvgIpc) is 2.47. The number of aryl methyl sites for hydroxylation is 1. The number of nitrogens with zero attached hydrogens (tertiary/aromatic N) is 3. The van der Waals surface area contributed by atoms with Crippen LogP contribution in [0.15, 0.2) is 57.7 Å². The molecule has 0 amide bonds. The van der Waals surface area contributed by atoms with Crippen molar-refractivity contribution >= 4 is 23.5 Å². The predicted molar refractivity (Wildman–Crippen MR) is 78.6 cm³/mol. The first kappa shape index (κ1) is 13.7. The summed E-state index contributed by atoms with van der Waals surface area (Å²) in [5.74, 6) is 0.112. The second-order valence-electron chi connectivity index (χ2n) is 4.18. The molecule has 5 heteroatoms. The van der Waals surface area contributed by atoms with Crippen molar-refractivity contribution in [2.24, 2.45) is 15.2 Å². The van der Waals surface area contributed by atoms with Gasteiger partial charge >= 0.3 is 0 Å². The number of hydrogen-bond acceptors (Lipinski definition) is 5. The Morgan fingerprint density at radius 2 is 1.70 bits per heavy atom. The zero-order valence-corrected chi connectivity index (χ0v) is 11.3. The number of rotatable bonds is 4. The summed E-state index contributed by atoms with van der Waals surface area (Å²) in [5, 5.41) is 17.8. The molecule has 0 spiro atoms. The molecule has 1 N–H and O–H groups in total. The molecule has 0 aliphatic rings. The first-order chi connectivity index (χ1) is 9.69. The van der Waals surface area contributed by atoms with Crippen LogP contribution < -0.4 is 0 Å². The van der Waals surface area contributed by atoms with Crippen LogP contribution >= 0.6 is 0 Å². The van der Waals surface area contributed by atoms with E-state index in [1.54, 1.807) is 43.5 Å². The summed E-state index contributed by atoms with van der Waals surface area (Å²) >= 11 is 0. The zero-order chi connectivity index (χ0) is 14.4. The lowest BCUT2D eigenvalue weighted by molar-refractivity contribution is 0.423. The van der Waals surface area contributed by atoms with E-state index in [2.05, 4.69) is 15.2 Å². The molecule has 2 rings (SSSR count). The number of aliphatic imine (C=N–C) groups is 1. The Balaban J connectivity index is 2.15. The minimum absolute atomic E-state index is 0.112. The Bertz CT molecular complexity index is 634. The fraction of sp³-hybridized carbons (Fsp3) is 0.133. The molecule has 0 saturated heterocycles. The molecule has 0 aliphatic heterocycles. The van der Waals surface area contributed by atoms with E-state index in [9.17, 15) is 5.11 Å². The molecule has 0 radical (unpaired) electrons. The summed E-state index contributed by atoms with van der Waals surface area (Å²) < 4.78 is 4.74. The van der Waals surface area contributed by atoms with Gasteiger partial charge in [0.15, 0.2) is 6.40 Å². The van der Waals surface area contributed by atoms with Gasteiger partial charge in [-0.1, -0.05) is 6.07 Å². The summed E-state index contributed by atoms with van der Waals surface area (Å²) in [6.45, 7) is 1.93. The van der Waals surface area contributed by atoms with Crippen LogP contribution in [0.4, 0.5) is 17.1 Å². The van der Waals surface area contributed by atoms with Gasteiger partial charge in [-0.3, -0.25) is 0 Å². The second-order valence-corrected chi connectivity index (χ2v) is 4.18. The molecular weight excluding hydrogens is 254 g/mol. The van der Waals surface area contributed by atoms with Gasteiger partial charge < -0.3 is 9.84 Å². The molecule has 0 aliphatic carbocycles. The van der Waals surface area contributed by atoms with E-state index in [0.29, 0.717) is 11.4 Å². The highest BCUT2D eigenvalue weighted by Crippen LogP contribution is 2.29. The van der Waals surface area contributed by atoms with Crippen LogP contribution in [0.3, 0.4) is 0 Å². The summed E-state index contributed by atoms with van der Waals surface area (Å²) in [4.78, 5) is 4.05. The molecule has 0 bridgehead atoms. The fourth-order valence-electron chi connectivity index (χ4n) is 1.54. The Morgan fingerprint density at radius 3 is 2.40 bits per heavy atom. The number of phenols is 1. The summed E-state index contributed by atoms with van der Waals surface area (Å²) in [5.41, 5.74) is 2.92. The minimum atomic E-state index is 0.112. The van der Waals surface area contributed by atoms with Crippen LogP contribution in [0.25, 0.3) is 0 Å². The van der Waals surface area contributed by atoms with Gasteiger partial charge in [0.2, 0.25) is 0 Å². The maximum absolute atomic E-state index is 9.67. The van der Waals surface area contributed by atoms with Crippen molar-refractivity contribution in [1.29, 1.82) is 0 Å². The van der Waals surface area contributed by atoms with E-state index in [0.717, 1.165) is 11.3 Å². The van der Waals surface area contributed by atoms with Crippen molar-refractivity contribution in [1.82, 2.24) is 0 Å². The van der Waals surface area contributed by atoms with Crippen LogP contribution in [-0.4, -0.2) is 18.6 Å². The largest absolute Gasteiger partial charge is 0.506 e. The van der Waals surface area contributed by atoms with Gasteiger partial charge in [-0.05, 0) is 48.9 Å². The molecule has 0 saturated carbocycles. The minimum Gasteiger partial charge on any atom is -0.506 e. The standard InChI is InChI=1S/C15H15N3O2/c1-11-3-8-15(19)14(9-11)18-17-13-6-4-12(5-7-13)16-10-20-2/h3-10,19H,1-2H3. The summed E-state index contributed by atoms with van der Waals surface area (Å²) in [7, 11) is 1.54. The van der Waals surface area contributed by atoms with Gasteiger partial charge in [-0.2, -0.15) is 5.11 Å². The van der Waals surface area contributed by atoms with Gasteiger partial charge in [-0.15, -0.1) is 5.11 Å². The van der Waals surface area contributed by atoms with E-state index in [4.69, 9.17) is 4.74 Å². The summed E-state index contributed by atoms with van der Waals surface area (Å²) in [6, 6.07) is 12.4. The molecule has 2 aromatic carbocycles. The lowest BCUT2D eigenvalue weighted by Crippen LogP contribution is -1.74. The molecule has 20 heavy (non-hydrogen) atoms. The van der Waals surface area contributed by atoms with E-state index < -0.39 is 0 Å². The van der Waals surface area contributed by atoms with Crippen LogP contribution in [0.2, 0.25) is 0 Å². The molecule has 0 unspecified atom stereocenters.